The van der Waals surface area contributed by atoms with Crippen LogP contribution in [0.2, 0.25) is 0 Å². The molecule has 10 nitrogen and oxygen atoms in total. The van der Waals surface area contributed by atoms with Gasteiger partial charge in [0.1, 0.15) is 29.9 Å². The number of piperazine rings is 1. The molecule has 4 N–H and O–H groups in total. The van der Waals surface area contributed by atoms with Crippen LogP contribution in [0, 0.1) is 0 Å². The highest BCUT2D eigenvalue weighted by atomic mass is 16.7. The van der Waals surface area contributed by atoms with Crippen molar-refractivity contribution in [3.8, 4) is 5.75 Å². The summed E-state index contributed by atoms with van der Waals surface area (Å²) in [5.41, 5.74) is 3.39. The molecule has 176 valence electrons. The molecule has 10 heteroatoms. The van der Waals surface area contributed by atoms with Gasteiger partial charge in [0.25, 0.3) is 0 Å². The smallest absolute Gasteiger partial charge is 0.335 e. The lowest BCUT2D eigenvalue weighted by Crippen LogP contribution is -2.61. The normalized spacial score (nSPS) is 31.7. The maximum absolute atomic E-state index is 11.4. The van der Waals surface area contributed by atoms with Crippen molar-refractivity contribution >= 4 is 11.8 Å². The molecule has 5 rings (SSSR count). The Kier molecular flexibility index (Phi) is 5.71. The van der Waals surface area contributed by atoms with Crippen LogP contribution in [-0.2, 0) is 16.0 Å². The fraction of sp³-hybridized carbons (Fsp3) is 0.478. The first kappa shape index (κ1) is 22.1. The van der Waals surface area contributed by atoms with E-state index in [1.165, 1.54) is 17.3 Å². The molecule has 1 aromatic carbocycles. The average molecular weight is 457 g/mol. The maximum Gasteiger partial charge on any atom is 0.335 e. The van der Waals surface area contributed by atoms with Gasteiger partial charge in [0.2, 0.25) is 6.29 Å². The first-order chi connectivity index (χ1) is 15.8. The van der Waals surface area contributed by atoms with Gasteiger partial charge in [-0.05, 0) is 24.2 Å². The summed E-state index contributed by atoms with van der Waals surface area (Å²) in [6.07, 6.45) is -6.17. The molecule has 2 aromatic rings. The summed E-state index contributed by atoms with van der Waals surface area (Å²) in [6.45, 7) is 2.62. The number of nitrogens with zero attached hydrogens (tertiary/aromatic N) is 3. The van der Waals surface area contributed by atoms with E-state index >= 15 is 0 Å². The topological polar surface area (TPSA) is 136 Å². The number of hydrogen-bond acceptors (Lipinski definition) is 9. The zero-order valence-electron chi connectivity index (χ0n) is 18.1. The lowest BCUT2D eigenvalue weighted by Gasteiger charge is -2.41. The van der Waals surface area contributed by atoms with Crippen LogP contribution < -0.4 is 9.64 Å². The van der Waals surface area contributed by atoms with Crippen molar-refractivity contribution < 1.29 is 34.7 Å². The molecule has 6 atom stereocenters. The lowest BCUT2D eigenvalue weighted by atomic mass is 9.96. The highest BCUT2D eigenvalue weighted by molar-refractivity contribution is 5.73. The summed E-state index contributed by atoms with van der Waals surface area (Å²) in [6, 6.07) is 10.3. The van der Waals surface area contributed by atoms with E-state index in [1.807, 2.05) is 18.2 Å². The molecular formula is C23H27N3O7. The summed E-state index contributed by atoms with van der Waals surface area (Å²) in [5, 5.41) is 39.5. The Morgan fingerprint density at radius 2 is 1.91 bits per heavy atom. The number of aromatic nitrogens is 1. The van der Waals surface area contributed by atoms with Crippen molar-refractivity contribution in [3.63, 3.8) is 0 Å². The van der Waals surface area contributed by atoms with Crippen LogP contribution in [0.3, 0.4) is 0 Å². The quantitative estimate of drug-likeness (QED) is 0.489. The highest BCUT2D eigenvalue weighted by Gasteiger charge is 2.48. The molecule has 0 amide bonds. The largest absolute Gasteiger partial charge is 0.479 e. The predicted octanol–water partition coefficient (Wildman–Crippen LogP) is -0.250. The molecule has 0 unspecified atom stereocenters. The summed E-state index contributed by atoms with van der Waals surface area (Å²) in [7, 11) is 2.11. The van der Waals surface area contributed by atoms with Crippen LogP contribution in [0.25, 0.3) is 0 Å². The number of carbonyl (C=O) groups is 1. The van der Waals surface area contributed by atoms with Crippen LogP contribution in [0.1, 0.15) is 22.7 Å². The van der Waals surface area contributed by atoms with Crippen molar-refractivity contribution in [2.45, 2.75) is 43.2 Å². The van der Waals surface area contributed by atoms with E-state index in [4.69, 9.17) is 9.47 Å². The van der Waals surface area contributed by atoms with Gasteiger partial charge in [-0.2, -0.15) is 0 Å². The molecule has 2 fully saturated rings. The molecule has 3 aliphatic heterocycles. The van der Waals surface area contributed by atoms with E-state index in [0.29, 0.717) is 6.42 Å². The molecule has 0 radical (unpaired) electrons. The molecule has 0 aliphatic carbocycles. The number of ether oxygens (including phenoxy) is 2. The highest BCUT2D eigenvalue weighted by Crippen LogP contribution is 2.39. The van der Waals surface area contributed by atoms with Crippen molar-refractivity contribution in [2.24, 2.45) is 0 Å². The Labute approximate surface area is 190 Å². The number of pyridine rings is 1. The Balaban J connectivity index is 1.46. The van der Waals surface area contributed by atoms with Crippen LogP contribution in [0.5, 0.6) is 5.75 Å². The number of anilines is 1. The third-order valence-electron chi connectivity index (χ3n) is 6.63. The van der Waals surface area contributed by atoms with Crippen molar-refractivity contribution in [1.29, 1.82) is 0 Å². The maximum atomic E-state index is 11.4. The standard InChI is InChI=1S/C23H27N3O7/c1-25-6-7-26-16(11-25)15-5-3-2-4-12(15)8-13-9-14(10-24-21(13)26)32-23-19(29)17(27)18(28)20(33-23)22(30)31/h2-5,9-10,16-20,23,27-29H,6-8,11H2,1H3,(H,30,31)/t16-,17-,18-,19+,20-,23+/m0/s1. The monoisotopic (exact) mass is 457 g/mol. The Morgan fingerprint density at radius 3 is 2.70 bits per heavy atom. The minimum absolute atomic E-state index is 0.178. The Hall–Kier alpha value is -2.76. The van der Waals surface area contributed by atoms with Gasteiger partial charge in [-0.25, -0.2) is 9.78 Å². The lowest BCUT2D eigenvalue weighted by molar-refractivity contribution is -0.271. The van der Waals surface area contributed by atoms with Gasteiger partial charge in [0.05, 0.1) is 12.2 Å². The van der Waals surface area contributed by atoms with E-state index in [-0.39, 0.29) is 11.8 Å². The number of carboxylic acid groups (broad SMARTS) is 1. The Bertz CT molecular complexity index is 1050. The summed E-state index contributed by atoms with van der Waals surface area (Å²) in [4.78, 5) is 20.6. The zero-order chi connectivity index (χ0) is 23.3. The number of rotatable bonds is 3. The molecule has 33 heavy (non-hydrogen) atoms. The van der Waals surface area contributed by atoms with E-state index < -0.39 is 36.7 Å². The van der Waals surface area contributed by atoms with Crippen molar-refractivity contribution in [1.82, 2.24) is 9.88 Å². The van der Waals surface area contributed by atoms with Crippen molar-refractivity contribution in [3.05, 3.63) is 53.2 Å². The number of benzene rings is 1. The molecule has 0 saturated carbocycles. The second-order valence-corrected chi connectivity index (χ2v) is 8.85. The number of aliphatic hydroxyl groups excluding tert-OH is 3. The number of carboxylic acids is 1. The van der Waals surface area contributed by atoms with E-state index in [1.54, 1.807) is 0 Å². The fourth-order valence-corrected chi connectivity index (χ4v) is 4.88. The predicted molar refractivity (Wildman–Crippen MR) is 116 cm³/mol. The number of fused-ring (bicyclic) bond motifs is 5. The van der Waals surface area contributed by atoms with Gasteiger partial charge in [0.15, 0.2) is 6.10 Å². The number of hydrogen-bond donors (Lipinski definition) is 4. The molecule has 4 heterocycles. The molecule has 0 bridgehead atoms. The van der Waals surface area contributed by atoms with Crippen LogP contribution in [0.4, 0.5) is 5.82 Å². The van der Waals surface area contributed by atoms with Crippen LogP contribution >= 0.6 is 0 Å². The number of likely N-dealkylation sites (N-methyl/N-ethyl adjacent to an activating group) is 1. The van der Waals surface area contributed by atoms with Crippen LogP contribution in [-0.4, -0.2) is 93.7 Å². The van der Waals surface area contributed by atoms with Gasteiger partial charge in [-0.1, -0.05) is 24.3 Å². The zero-order valence-corrected chi connectivity index (χ0v) is 18.1. The molecular weight excluding hydrogens is 430 g/mol. The second-order valence-electron chi connectivity index (χ2n) is 8.85. The van der Waals surface area contributed by atoms with E-state index in [2.05, 4.69) is 34.0 Å². The average Bonchev–Trinajstić information content (AvgIpc) is 2.93. The second kappa shape index (κ2) is 8.54. The SMILES string of the molecule is CN1CCN2c3ncc(O[C@@H]4O[C@H](C(=O)O)[C@@H](O)[C@H](O)[C@H]4O)cc3Cc3ccccc3[C@@H]2C1. The van der Waals surface area contributed by atoms with E-state index in [0.717, 1.165) is 31.0 Å². The summed E-state index contributed by atoms with van der Waals surface area (Å²) >= 11 is 0. The Morgan fingerprint density at radius 1 is 1.12 bits per heavy atom. The van der Waals surface area contributed by atoms with Gasteiger partial charge >= 0.3 is 5.97 Å². The first-order valence-corrected chi connectivity index (χ1v) is 10.9. The minimum atomic E-state index is -1.77. The van der Waals surface area contributed by atoms with Gasteiger partial charge in [-0.3, -0.25) is 0 Å². The van der Waals surface area contributed by atoms with Gasteiger partial charge < -0.3 is 39.7 Å². The summed E-state index contributed by atoms with van der Waals surface area (Å²) in [5.74, 6) is -0.323. The van der Waals surface area contributed by atoms with Crippen molar-refractivity contribution in [2.75, 3.05) is 31.6 Å². The third kappa shape index (κ3) is 3.94. The third-order valence-corrected chi connectivity index (χ3v) is 6.63. The molecule has 0 spiro atoms. The van der Waals surface area contributed by atoms with Gasteiger partial charge in [-0.15, -0.1) is 0 Å². The number of aliphatic hydroxyl groups is 3. The molecule has 3 aliphatic rings. The van der Waals surface area contributed by atoms with E-state index in [9.17, 15) is 25.2 Å². The van der Waals surface area contributed by atoms with Crippen LogP contribution in [0.15, 0.2) is 36.5 Å². The van der Waals surface area contributed by atoms with Gasteiger partial charge in [0, 0.05) is 31.6 Å². The summed E-state index contributed by atoms with van der Waals surface area (Å²) < 4.78 is 11.0. The minimum Gasteiger partial charge on any atom is -0.479 e. The molecule has 2 saturated heterocycles. The first-order valence-electron chi connectivity index (χ1n) is 10.9. The fourth-order valence-electron chi connectivity index (χ4n) is 4.88. The molecule has 1 aromatic heterocycles. The number of aliphatic carboxylic acids is 1.